The van der Waals surface area contributed by atoms with Crippen LogP contribution in [0.25, 0.3) is 0 Å². The predicted molar refractivity (Wildman–Crippen MR) is 100 cm³/mol. The first kappa shape index (κ1) is 18.9. The van der Waals surface area contributed by atoms with Gasteiger partial charge in [-0.2, -0.15) is 5.26 Å². The minimum Gasteiger partial charge on any atom is -0.482 e. The second-order valence-corrected chi connectivity index (χ2v) is 7.11. The van der Waals surface area contributed by atoms with E-state index in [1.165, 1.54) is 33.6 Å². The Morgan fingerprint density at radius 2 is 2.10 bits per heavy atom. The van der Waals surface area contributed by atoms with Gasteiger partial charge >= 0.3 is 0 Å². The van der Waals surface area contributed by atoms with E-state index in [-0.39, 0.29) is 18.3 Å². The van der Waals surface area contributed by atoms with Crippen molar-refractivity contribution in [3.05, 3.63) is 71.1 Å². The Balaban J connectivity index is 1.61. The van der Waals surface area contributed by atoms with Crippen molar-refractivity contribution in [1.29, 1.82) is 5.26 Å². The van der Waals surface area contributed by atoms with Gasteiger partial charge in [0.2, 0.25) is 5.16 Å². The molecule has 2 aromatic carbocycles. The molecule has 0 N–H and O–H groups in total. The Labute approximate surface area is 168 Å². The molecule has 0 saturated carbocycles. The van der Waals surface area contributed by atoms with Crippen LogP contribution in [0.4, 0.5) is 8.78 Å². The lowest BCUT2D eigenvalue weighted by Gasteiger charge is -2.29. The Bertz CT molecular complexity index is 1130. The standard InChI is InChI=1S/C19H13F2N5O2S/c20-14-4-5-16(15(21)9-14)28-11-17-23-24-19-26(17)25(6-7-29-19)18(27)13-3-1-2-12(8-13)10-22/h1-5,8-9H,6-7,11H2. The zero-order valence-corrected chi connectivity index (χ0v) is 15.7. The van der Waals surface area contributed by atoms with Gasteiger partial charge in [0.05, 0.1) is 18.2 Å². The van der Waals surface area contributed by atoms with E-state index in [4.69, 9.17) is 10.00 Å². The SMILES string of the molecule is N#Cc1cccc(C(=O)N2CCSc3nnc(COc4ccc(F)cc4F)n32)c1. The summed E-state index contributed by atoms with van der Waals surface area (Å²) in [5.74, 6) is -1.08. The number of benzene rings is 2. The van der Waals surface area contributed by atoms with Crippen molar-refractivity contribution in [1.82, 2.24) is 14.9 Å². The van der Waals surface area contributed by atoms with Crippen molar-refractivity contribution in [2.24, 2.45) is 0 Å². The first-order valence-electron chi connectivity index (χ1n) is 8.54. The van der Waals surface area contributed by atoms with Crippen LogP contribution in [0.2, 0.25) is 0 Å². The highest BCUT2D eigenvalue weighted by molar-refractivity contribution is 7.99. The van der Waals surface area contributed by atoms with Crippen LogP contribution in [0, 0.1) is 23.0 Å². The van der Waals surface area contributed by atoms with Gasteiger partial charge in [-0.15, -0.1) is 10.2 Å². The van der Waals surface area contributed by atoms with Crippen LogP contribution in [0.15, 0.2) is 47.6 Å². The normalized spacial score (nSPS) is 12.9. The third kappa shape index (κ3) is 3.77. The van der Waals surface area contributed by atoms with Gasteiger partial charge in [0, 0.05) is 17.4 Å². The van der Waals surface area contributed by atoms with E-state index in [1.54, 1.807) is 18.2 Å². The Hall–Kier alpha value is -3.45. The largest absolute Gasteiger partial charge is 0.482 e. The number of thioether (sulfide) groups is 1. The molecule has 1 amide bonds. The number of ether oxygens (including phenoxy) is 1. The fourth-order valence-corrected chi connectivity index (χ4v) is 3.71. The van der Waals surface area contributed by atoms with Crippen LogP contribution in [-0.2, 0) is 6.61 Å². The van der Waals surface area contributed by atoms with Crippen molar-refractivity contribution < 1.29 is 18.3 Å². The van der Waals surface area contributed by atoms with E-state index in [9.17, 15) is 13.6 Å². The molecule has 1 aliphatic rings. The summed E-state index contributed by atoms with van der Waals surface area (Å²) >= 11 is 1.42. The van der Waals surface area contributed by atoms with E-state index in [0.717, 1.165) is 12.1 Å². The molecule has 3 aromatic rings. The molecular weight excluding hydrogens is 400 g/mol. The molecule has 0 saturated heterocycles. The lowest BCUT2D eigenvalue weighted by Crippen LogP contribution is -2.45. The molecule has 0 spiro atoms. The fourth-order valence-electron chi connectivity index (χ4n) is 2.84. The average molecular weight is 413 g/mol. The maximum absolute atomic E-state index is 13.8. The highest BCUT2D eigenvalue weighted by Crippen LogP contribution is 2.25. The van der Waals surface area contributed by atoms with Crippen LogP contribution in [0.5, 0.6) is 5.75 Å². The molecule has 1 aromatic heterocycles. The summed E-state index contributed by atoms with van der Waals surface area (Å²) in [5.41, 5.74) is 0.730. The summed E-state index contributed by atoms with van der Waals surface area (Å²) in [6.45, 7) is 0.224. The Morgan fingerprint density at radius 3 is 2.90 bits per heavy atom. The Morgan fingerprint density at radius 1 is 1.24 bits per heavy atom. The Kier molecular flexibility index (Phi) is 5.14. The number of carbonyl (C=O) groups excluding carboxylic acids is 1. The summed E-state index contributed by atoms with van der Waals surface area (Å²) < 4.78 is 33.8. The minimum atomic E-state index is -0.834. The van der Waals surface area contributed by atoms with E-state index in [0.29, 0.717) is 34.4 Å². The lowest BCUT2D eigenvalue weighted by molar-refractivity contribution is 0.0952. The van der Waals surface area contributed by atoms with Crippen molar-refractivity contribution in [3.8, 4) is 11.8 Å². The second-order valence-electron chi connectivity index (χ2n) is 6.04. The summed E-state index contributed by atoms with van der Waals surface area (Å²) in [6.07, 6.45) is 0. The van der Waals surface area contributed by atoms with E-state index < -0.39 is 11.6 Å². The van der Waals surface area contributed by atoms with Crippen molar-refractivity contribution >= 4 is 17.7 Å². The smallest absolute Gasteiger partial charge is 0.272 e. The summed E-state index contributed by atoms with van der Waals surface area (Å²) in [4.78, 5) is 13.0. The molecule has 0 atom stereocenters. The van der Waals surface area contributed by atoms with Crippen LogP contribution >= 0.6 is 11.8 Å². The fraction of sp³-hybridized carbons (Fsp3) is 0.158. The molecule has 0 fully saturated rings. The van der Waals surface area contributed by atoms with Gasteiger partial charge in [-0.1, -0.05) is 17.8 Å². The number of nitrogens with zero attached hydrogens (tertiary/aromatic N) is 5. The quantitative estimate of drug-likeness (QED) is 0.654. The predicted octanol–water partition coefficient (Wildman–Crippen LogP) is 2.89. The third-order valence-electron chi connectivity index (χ3n) is 4.18. The first-order chi connectivity index (χ1) is 14.1. The highest BCUT2D eigenvalue weighted by Gasteiger charge is 2.28. The van der Waals surface area contributed by atoms with Gasteiger partial charge in [0.15, 0.2) is 17.4 Å². The zero-order valence-electron chi connectivity index (χ0n) is 14.9. The minimum absolute atomic E-state index is 0.133. The average Bonchev–Trinajstić information content (AvgIpc) is 3.16. The third-order valence-corrected chi connectivity index (χ3v) is 5.08. The molecule has 10 heteroatoms. The molecule has 1 aliphatic heterocycles. The summed E-state index contributed by atoms with van der Waals surface area (Å²) in [5, 5.41) is 19.1. The maximum Gasteiger partial charge on any atom is 0.272 e. The van der Waals surface area contributed by atoms with Crippen LogP contribution < -0.4 is 9.75 Å². The van der Waals surface area contributed by atoms with Crippen LogP contribution in [-0.4, -0.2) is 33.1 Å². The molecule has 4 rings (SSSR count). The van der Waals surface area contributed by atoms with Crippen LogP contribution in [0.1, 0.15) is 21.7 Å². The molecule has 0 radical (unpaired) electrons. The van der Waals surface area contributed by atoms with Gasteiger partial charge < -0.3 is 4.74 Å². The van der Waals surface area contributed by atoms with Crippen molar-refractivity contribution in [2.75, 3.05) is 17.3 Å². The summed E-state index contributed by atoms with van der Waals surface area (Å²) in [6, 6.07) is 11.4. The van der Waals surface area contributed by atoms with Gasteiger partial charge in [-0.3, -0.25) is 4.79 Å². The molecule has 146 valence electrons. The van der Waals surface area contributed by atoms with E-state index >= 15 is 0 Å². The van der Waals surface area contributed by atoms with Crippen molar-refractivity contribution in [2.45, 2.75) is 11.8 Å². The molecule has 0 aliphatic carbocycles. The number of rotatable bonds is 4. The topological polar surface area (TPSA) is 84.0 Å². The number of aromatic nitrogens is 3. The number of amides is 1. The number of nitriles is 1. The monoisotopic (exact) mass is 413 g/mol. The molecular formula is C19H13F2N5O2S. The van der Waals surface area contributed by atoms with Gasteiger partial charge in [0.25, 0.3) is 5.91 Å². The number of hydrogen-bond donors (Lipinski definition) is 0. The molecule has 29 heavy (non-hydrogen) atoms. The molecule has 2 heterocycles. The van der Waals surface area contributed by atoms with Crippen molar-refractivity contribution in [3.63, 3.8) is 0 Å². The van der Waals surface area contributed by atoms with E-state index in [2.05, 4.69) is 10.2 Å². The zero-order chi connectivity index (χ0) is 20.4. The number of hydrogen-bond acceptors (Lipinski definition) is 6. The molecule has 0 unspecified atom stereocenters. The highest BCUT2D eigenvalue weighted by atomic mass is 32.2. The van der Waals surface area contributed by atoms with Gasteiger partial charge in [-0.05, 0) is 30.3 Å². The number of fused-ring (bicyclic) bond motifs is 1. The molecule has 7 nitrogen and oxygen atoms in total. The van der Waals surface area contributed by atoms with Gasteiger partial charge in [-0.25, -0.2) is 18.5 Å². The number of halogens is 2. The summed E-state index contributed by atoms with van der Waals surface area (Å²) in [7, 11) is 0. The first-order valence-corrected chi connectivity index (χ1v) is 9.52. The molecule has 0 bridgehead atoms. The number of carbonyl (C=O) groups is 1. The van der Waals surface area contributed by atoms with Gasteiger partial charge in [0.1, 0.15) is 12.4 Å². The van der Waals surface area contributed by atoms with Crippen LogP contribution in [0.3, 0.4) is 0 Å². The second kappa shape index (κ2) is 7.89. The lowest BCUT2D eigenvalue weighted by atomic mass is 10.1. The van der Waals surface area contributed by atoms with E-state index in [1.807, 2.05) is 6.07 Å². The maximum atomic E-state index is 13.8.